The lowest BCUT2D eigenvalue weighted by Gasteiger charge is -2.24. The molecule has 2 N–H and O–H groups in total. The van der Waals surface area contributed by atoms with Gasteiger partial charge in [0.2, 0.25) is 5.75 Å². The van der Waals surface area contributed by atoms with Gasteiger partial charge < -0.3 is 24.8 Å². The summed E-state index contributed by atoms with van der Waals surface area (Å²) < 4.78 is 16.6. The molecule has 140 valence electrons. The van der Waals surface area contributed by atoms with Gasteiger partial charge >= 0.3 is 0 Å². The van der Waals surface area contributed by atoms with Crippen molar-refractivity contribution in [1.82, 2.24) is 10.6 Å². The van der Waals surface area contributed by atoms with Gasteiger partial charge in [0.1, 0.15) is 0 Å². The van der Waals surface area contributed by atoms with E-state index in [2.05, 4.69) is 22.5 Å². The van der Waals surface area contributed by atoms with Crippen molar-refractivity contribution >= 4 is 17.7 Å². The zero-order valence-electron chi connectivity index (χ0n) is 15.8. The standard InChI is InChI=1S/C18H29N3O3S/c1-18(9-6-10-25-18)12-21-17(19-2)20-11-13-7-8-14(22-3)16(24-5)15(13)23-4/h7-8H,6,9-12H2,1-5H3,(H2,19,20,21). The van der Waals surface area contributed by atoms with Crippen molar-refractivity contribution in [2.45, 2.75) is 31.1 Å². The van der Waals surface area contributed by atoms with Crippen molar-refractivity contribution in [3.05, 3.63) is 17.7 Å². The SMILES string of the molecule is CN=C(NCc1ccc(OC)c(OC)c1OC)NCC1(C)CCCS1. The lowest BCUT2D eigenvalue weighted by Crippen LogP contribution is -2.43. The normalized spacial score (nSPS) is 20.3. The average molecular weight is 368 g/mol. The van der Waals surface area contributed by atoms with Crippen LogP contribution >= 0.6 is 11.8 Å². The molecule has 1 aliphatic rings. The van der Waals surface area contributed by atoms with E-state index < -0.39 is 0 Å². The van der Waals surface area contributed by atoms with Gasteiger partial charge in [0.25, 0.3) is 0 Å². The predicted octanol–water partition coefficient (Wildman–Crippen LogP) is 2.66. The van der Waals surface area contributed by atoms with Crippen molar-refractivity contribution in [1.29, 1.82) is 0 Å². The first-order chi connectivity index (χ1) is 12.1. The molecule has 0 amide bonds. The highest BCUT2D eigenvalue weighted by atomic mass is 32.2. The first-order valence-electron chi connectivity index (χ1n) is 8.43. The number of benzene rings is 1. The second-order valence-electron chi connectivity index (χ2n) is 6.17. The highest BCUT2D eigenvalue weighted by Crippen LogP contribution is 2.39. The first-order valence-corrected chi connectivity index (χ1v) is 9.41. The number of rotatable bonds is 7. The van der Waals surface area contributed by atoms with Crippen LogP contribution in [0.3, 0.4) is 0 Å². The maximum absolute atomic E-state index is 5.52. The van der Waals surface area contributed by atoms with Gasteiger partial charge in [0.05, 0.1) is 21.3 Å². The third-order valence-electron chi connectivity index (χ3n) is 4.39. The molecule has 0 aromatic heterocycles. The molecular weight excluding hydrogens is 338 g/mol. The Hall–Kier alpha value is -1.76. The quantitative estimate of drug-likeness (QED) is 0.571. The molecule has 6 nitrogen and oxygen atoms in total. The van der Waals surface area contributed by atoms with Crippen LogP contribution in [-0.2, 0) is 6.54 Å². The van der Waals surface area contributed by atoms with Gasteiger partial charge in [-0.15, -0.1) is 0 Å². The molecule has 2 rings (SSSR count). The highest BCUT2D eigenvalue weighted by Gasteiger charge is 2.29. The Morgan fingerprint density at radius 3 is 2.48 bits per heavy atom. The van der Waals surface area contributed by atoms with Gasteiger partial charge in [-0.1, -0.05) is 0 Å². The molecule has 0 spiro atoms. The van der Waals surface area contributed by atoms with Crippen molar-refractivity contribution < 1.29 is 14.2 Å². The van der Waals surface area contributed by atoms with Crippen LogP contribution in [0.1, 0.15) is 25.3 Å². The number of nitrogens with one attached hydrogen (secondary N) is 2. The van der Waals surface area contributed by atoms with Crippen molar-refractivity contribution in [3.8, 4) is 17.2 Å². The summed E-state index contributed by atoms with van der Waals surface area (Å²) in [6.07, 6.45) is 2.53. The maximum atomic E-state index is 5.52. The van der Waals surface area contributed by atoms with Gasteiger partial charge in [0, 0.05) is 30.4 Å². The van der Waals surface area contributed by atoms with Crippen LogP contribution in [0.5, 0.6) is 17.2 Å². The minimum absolute atomic E-state index is 0.290. The molecule has 1 aliphatic heterocycles. The van der Waals surface area contributed by atoms with E-state index >= 15 is 0 Å². The van der Waals surface area contributed by atoms with Gasteiger partial charge in [0.15, 0.2) is 17.5 Å². The fourth-order valence-corrected chi connectivity index (χ4v) is 4.19. The summed E-state index contributed by atoms with van der Waals surface area (Å²) in [6, 6.07) is 3.85. The van der Waals surface area contributed by atoms with Gasteiger partial charge in [-0.3, -0.25) is 4.99 Å². The number of hydrogen-bond acceptors (Lipinski definition) is 5. The van der Waals surface area contributed by atoms with E-state index in [-0.39, 0.29) is 0 Å². The lowest BCUT2D eigenvalue weighted by molar-refractivity contribution is 0.322. The summed E-state index contributed by atoms with van der Waals surface area (Å²) >= 11 is 2.03. The van der Waals surface area contributed by atoms with Crippen LogP contribution < -0.4 is 24.8 Å². The number of guanidine groups is 1. The Labute approximate surface area is 154 Å². The smallest absolute Gasteiger partial charge is 0.203 e. The Kier molecular flexibility index (Phi) is 7.11. The molecule has 1 fully saturated rings. The number of hydrogen-bond donors (Lipinski definition) is 2. The summed E-state index contributed by atoms with van der Waals surface area (Å²) in [6.45, 7) is 3.79. The molecule has 7 heteroatoms. The third kappa shape index (κ3) is 4.87. The molecule has 0 bridgehead atoms. The topological polar surface area (TPSA) is 64.1 Å². The summed E-state index contributed by atoms with van der Waals surface area (Å²) in [5, 5.41) is 6.78. The molecule has 0 aliphatic carbocycles. The molecule has 1 heterocycles. The molecule has 0 saturated carbocycles. The van der Waals surface area contributed by atoms with E-state index in [9.17, 15) is 0 Å². The third-order valence-corrected chi connectivity index (χ3v) is 5.92. The second-order valence-corrected chi connectivity index (χ2v) is 7.86. The number of thioether (sulfide) groups is 1. The van der Waals surface area contributed by atoms with Crippen LogP contribution in [0.4, 0.5) is 0 Å². The van der Waals surface area contributed by atoms with Gasteiger partial charge in [-0.25, -0.2) is 0 Å². The second kappa shape index (κ2) is 9.08. The van der Waals surface area contributed by atoms with Crippen LogP contribution in [0.2, 0.25) is 0 Å². The fourth-order valence-electron chi connectivity index (χ4n) is 2.95. The Morgan fingerprint density at radius 1 is 1.16 bits per heavy atom. The number of ether oxygens (including phenoxy) is 3. The van der Waals surface area contributed by atoms with Gasteiger partial charge in [-0.2, -0.15) is 11.8 Å². The van der Waals surface area contributed by atoms with Crippen LogP contribution in [0, 0.1) is 0 Å². The zero-order chi connectivity index (χ0) is 18.3. The summed E-state index contributed by atoms with van der Waals surface area (Å²) in [5.41, 5.74) is 0.976. The van der Waals surface area contributed by atoms with Crippen molar-refractivity contribution in [2.24, 2.45) is 4.99 Å². The van der Waals surface area contributed by atoms with Gasteiger partial charge in [-0.05, 0) is 37.7 Å². The van der Waals surface area contributed by atoms with Crippen LogP contribution in [0.25, 0.3) is 0 Å². The summed E-state index contributed by atoms with van der Waals surface area (Å²) in [7, 11) is 6.64. The minimum Gasteiger partial charge on any atom is -0.493 e. The molecule has 1 saturated heterocycles. The highest BCUT2D eigenvalue weighted by molar-refractivity contribution is 8.00. The molecule has 1 atom stereocenters. The molecule has 25 heavy (non-hydrogen) atoms. The van der Waals surface area contributed by atoms with E-state index in [0.29, 0.717) is 28.5 Å². The van der Waals surface area contributed by atoms with E-state index in [1.54, 1.807) is 28.4 Å². The number of aliphatic imine (C=N–C) groups is 1. The fraction of sp³-hybridized carbons (Fsp3) is 0.611. The Morgan fingerprint density at radius 2 is 1.92 bits per heavy atom. The van der Waals surface area contributed by atoms with E-state index in [1.807, 2.05) is 23.9 Å². The number of methoxy groups -OCH3 is 3. The first kappa shape index (κ1) is 19.6. The predicted molar refractivity (Wildman–Crippen MR) is 104 cm³/mol. The monoisotopic (exact) mass is 367 g/mol. The Bertz CT molecular complexity index is 601. The molecule has 0 radical (unpaired) electrons. The molecule has 1 aromatic rings. The van der Waals surface area contributed by atoms with E-state index in [4.69, 9.17) is 14.2 Å². The average Bonchev–Trinajstić information content (AvgIpc) is 3.07. The minimum atomic E-state index is 0.290. The van der Waals surface area contributed by atoms with Crippen LogP contribution in [-0.4, -0.2) is 51.4 Å². The molecule has 1 unspecified atom stereocenters. The van der Waals surface area contributed by atoms with E-state index in [0.717, 1.165) is 18.1 Å². The lowest BCUT2D eigenvalue weighted by atomic mass is 10.1. The molecule has 1 aromatic carbocycles. The van der Waals surface area contributed by atoms with Crippen molar-refractivity contribution in [2.75, 3.05) is 40.7 Å². The molecular formula is C18H29N3O3S. The largest absolute Gasteiger partial charge is 0.493 e. The van der Waals surface area contributed by atoms with E-state index in [1.165, 1.54) is 18.6 Å². The maximum Gasteiger partial charge on any atom is 0.203 e. The summed E-state index contributed by atoms with van der Waals surface area (Å²) in [5.74, 6) is 3.94. The van der Waals surface area contributed by atoms with Crippen LogP contribution in [0.15, 0.2) is 17.1 Å². The number of nitrogens with zero attached hydrogens (tertiary/aromatic N) is 1. The zero-order valence-corrected chi connectivity index (χ0v) is 16.6. The van der Waals surface area contributed by atoms with Crippen molar-refractivity contribution in [3.63, 3.8) is 0 Å². The Balaban J connectivity index is 2.01. The summed E-state index contributed by atoms with van der Waals surface area (Å²) in [4.78, 5) is 4.32.